The van der Waals surface area contributed by atoms with Crippen LogP contribution in [0.2, 0.25) is 0 Å². The van der Waals surface area contributed by atoms with Crippen molar-refractivity contribution in [2.75, 3.05) is 26.4 Å². The molecule has 0 aromatic carbocycles. The van der Waals surface area contributed by atoms with Crippen LogP contribution in [0.15, 0.2) is 0 Å². The average Bonchev–Trinajstić information content (AvgIpc) is 3.19. The summed E-state index contributed by atoms with van der Waals surface area (Å²) in [5.74, 6) is -7.27. The van der Waals surface area contributed by atoms with Crippen LogP contribution in [-0.2, 0) is 124 Å². The fourth-order valence-electron chi connectivity index (χ4n) is 7.02. The third kappa shape index (κ3) is 17.0. The Hall–Kier alpha value is -5.98. The molecule has 374 valence electrons. The third-order valence-electron chi connectivity index (χ3n) is 9.15. The van der Waals surface area contributed by atoms with Crippen LogP contribution in [0.3, 0.4) is 0 Å². The summed E-state index contributed by atoms with van der Waals surface area (Å²) in [6, 6.07) is 0. The van der Waals surface area contributed by atoms with Gasteiger partial charge in [0.05, 0.1) is 0 Å². The van der Waals surface area contributed by atoms with E-state index in [1.165, 1.54) is 0 Å². The van der Waals surface area contributed by atoms with Crippen molar-refractivity contribution in [3.05, 3.63) is 0 Å². The van der Waals surface area contributed by atoms with Crippen molar-refractivity contribution in [2.45, 2.75) is 161 Å². The van der Waals surface area contributed by atoms with Gasteiger partial charge in [0.15, 0.2) is 61.6 Å². The molecule has 26 heteroatoms. The lowest BCUT2D eigenvalue weighted by Crippen LogP contribution is -2.69. The molecule has 67 heavy (non-hydrogen) atoms. The van der Waals surface area contributed by atoms with Gasteiger partial charge in [0, 0.05) is 69.2 Å². The molecule has 3 fully saturated rings. The van der Waals surface area contributed by atoms with Gasteiger partial charge in [-0.1, -0.05) is 5.92 Å². The van der Waals surface area contributed by atoms with Crippen LogP contribution in [0.4, 0.5) is 0 Å². The van der Waals surface area contributed by atoms with Gasteiger partial charge in [0.2, 0.25) is 0 Å². The summed E-state index contributed by atoms with van der Waals surface area (Å²) in [7, 11) is 0. The van der Waals surface area contributed by atoms with Gasteiger partial charge in [-0.3, -0.25) is 47.9 Å². The van der Waals surface area contributed by atoms with Gasteiger partial charge in [-0.25, -0.2) is 0 Å². The number of esters is 10. The molecular formula is C41H54O26. The smallest absolute Gasteiger partial charge is 0.303 e. The third-order valence-corrected chi connectivity index (χ3v) is 9.15. The minimum atomic E-state index is -2.02. The molecule has 0 spiro atoms. The van der Waals surface area contributed by atoms with E-state index in [0.29, 0.717) is 0 Å². The number of hydrogen-bond donors (Lipinski definition) is 0. The average molecular weight is 963 g/mol. The monoisotopic (exact) mass is 962 g/mol. The summed E-state index contributed by atoms with van der Waals surface area (Å²) < 4.78 is 91.3. The van der Waals surface area contributed by atoms with Gasteiger partial charge in [0.1, 0.15) is 56.9 Å². The van der Waals surface area contributed by atoms with Gasteiger partial charge in [-0.2, -0.15) is 0 Å². The summed E-state index contributed by atoms with van der Waals surface area (Å²) in [5, 5.41) is 0. The van der Waals surface area contributed by atoms with Gasteiger partial charge < -0.3 is 75.8 Å². The molecule has 0 aliphatic carbocycles. The summed E-state index contributed by atoms with van der Waals surface area (Å²) in [6.45, 7) is 7.42. The van der Waals surface area contributed by atoms with E-state index in [9.17, 15) is 47.9 Å². The summed E-state index contributed by atoms with van der Waals surface area (Å²) >= 11 is 0. The SMILES string of the molecule is C#CCO[C@@H]1OC(COC(C)=O)[C@@H](O[C@H]2OC(COC(C)=O)[C@@H](O[C@H]3OC(COC(C)=O)[C@@H](OC(C)=O)C(OC(C)=O)C3OC(C)=O)C(OC(C)=O)[C@H]2OC(C)=O)C(OC(C)=O)C1OC(C)=O. The van der Waals surface area contributed by atoms with Crippen LogP contribution in [0.5, 0.6) is 0 Å². The van der Waals surface area contributed by atoms with Crippen LogP contribution < -0.4 is 0 Å². The molecule has 3 rings (SSSR count). The number of carbonyl (C=O) groups is 10. The lowest BCUT2D eigenvalue weighted by Gasteiger charge is -2.50. The molecule has 0 N–H and O–H groups in total. The molecule has 8 unspecified atom stereocenters. The molecule has 3 heterocycles. The standard InChI is InChI=1S/C41H54O26/c1-12-13-52-39-36(60-24(9)49)34(58-22(7)47)31(28(63-39)15-54-18(3)43)66-41-38(62-26(11)51)35(59-23(8)48)32(29(65-41)16-55-19(4)44)67-40-37(61-25(10)50)33(57-21(6)46)30(56-20(5)45)27(64-40)14-53-17(2)42/h1,27-41H,13-16H2,2-11H3/t27?,28?,29?,30-,31-,32-,33?,34?,35?,36?,37?,38-,39-,40-,41-/m1/s1. The number of terminal acetylenes is 1. The molecule has 0 amide bonds. The highest BCUT2D eigenvalue weighted by molar-refractivity contribution is 5.70. The minimum Gasteiger partial charge on any atom is -0.463 e. The first-order chi connectivity index (χ1) is 31.4. The Kier molecular flexibility index (Phi) is 21.3. The lowest BCUT2D eigenvalue weighted by atomic mass is 9.95. The highest BCUT2D eigenvalue weighted by atomic mass is 16.8. The van der Waals surface area contributed by atoms with Crippen LogP contribution in [-0.4, -0.2) is 178 Å². The molecular weight excluding hydrogens is 908 g/mol. The number of ether oxygens (including phenoxy) is 16. The van der Waals surface area contributed by atoms with Gasteiger partial charge >= 0.3 is 59.7 Å². The van der Waals surface area contributed by atoms with Crippen molar-refractivity contribution in [3.8, 4) is 12.3 Å². The molecule has 26 nitrogen and oxygen atoms in total. The van der Waals surface area contributed by atoms with Crippen molar-refractivity contribution < 1.29 is 124 Å². The molecule has 0 bridgehead atoms. The summed E-state index contributed by atoms with van der Waals surface area (Å²) in [6.07, 6.45) is -21.1. The van der Waals surface area contributed by atoms with Crippen molar-refractivity contribution >= 4 is 59.7 Å². The lowest BCUT2D eigenvalue weighted by molar-refractivity contribution is -0.379. The van der Waals surface area contributed by atoms with E-state index in [1.807, 2.05) is 0 Å². The second-order valence-corrected chi connectivity index (χ2v) is 14.8. The van der Waals surface area contributed by atoms with E-state index in [-0.39, 0.29) is 0 Å². The van der Waals surface area contributed by atoms with Crippen molar-refractivity contribution in [1.82, 2.24) is 0 Å². The van der Waals surface area contributed by atoms with Crippen LogP contribution in [0.1, 0.15) is 69.2 Å². The van der Waals surface area contributed by atoms with Gasteiger partial charge in [-0.05, 0) is 0 Å². The number of rotatable bonds is 19. The zero-order valence-electron chi connectivity index (χ0n) is 38.2. The number of hydrogen-bond acceptors (Lipinski definition) is 26. The summed E-state index contributed by atoms with van der Waals surface area (Å²) in [4.78, 5) is 125. The van der Waals surface area contributed by atoms with Crippen molar-refractivity contribution in [3.63, 3.8) is 0 Å². The summed E-state index contributed by atoms with van der Waals surface area (Å²) in [5.41, 5.74) is 0. The maximum atomic E-state index is 13.0. The van der Waals surface area contributed by atoms with Crippen molar-refractivity contribution in [2.24, 2.45) is 0 Å². The first kappa shape index (κ1) is 55.3. The zero-order chi connectivity index (χ0) is 50.3. The normalized spacial score (nSPS) is 31.2. The molecule has 0 saturated carbocycles. The molecule has 3 aliphatic heterocycles. The second-order valence-electron chi connectivity index (χ2n) is 14.8. The largest absolute Gasteiger partial charge is 0.463 e. The molecule has 0 aromatic heterocycles. The fraction of sp³-hybridized carbons (Fsp3) is 0.707. The maximum absolute atomic E-state index is 13.0. The number of carbonyl (C=O) groups excluding carboxylic acids is 10. The van der Waals surface area contributed by atoms with Crippen LogP contribution >= 0.6 is 0 Å². The highest BCUT2D eigenvalue weighted by Crippen LogP contribution is 2.38. The molecule has 15 atom stereocenters. The molecule has 0 radical (unpaired) electrons. The molecule has 3 saturated heterocycles. The van der Waals surface area contributed by atoms with E-state index in [2.05, 4.69) is 5.92 Å². The van der Waals surface area contributed by atoms with Crippen LogP contribution in [0, 0.1) is 12.3 Å². The Bertz CT molecular complexity index is 1860. The van der Waals surface area contributed by atoms with Crippen LogP contribution in [0.25, 0.3) is 0 Å². The predicted molar refractivity (Wildman–Crippen MR) is 209 cm³/mol. The fourth-order valence-corrected chi connectivity index (χ4v) is 7.02. The Labute approximate surface area is 383 Å². The van der Waals surface area contributed by atoms with Gasteiger partial charge in [0.25, 0.3) is 0 Å². The van der Waals surface area contributed by atoms with E-state index in [1.54, 1.807) is 0 Å². The first-order valence-electron chi connectivity index (χ1n) is 20.3. The first-order valence-corrected chi connectivity index (χ1v) is 20.3. The molecule has 3 aliphatic rings. The van der Waals surface area contributed by atoms with Gasteiger partial charge in [-0.15, -0.1) is 6.42 Å². The van der Waals surface area contributed by atoms with Crippen molar-refractivity contribution in [1.29, 1.82) is 0 Å². The van der Waals surface area contributed by atoms with E-state index in [0.717, 1.165) is 69.2 Å². The zero-order valence-corrected chi connectivity index (χ0v) is 38.2. The maximum Gasteiger partial charge on any atom is 0.303 e. The topological polar surface area (TPSA) is 318 Å². The van der Waals surface area contributed by atoms with E-state index < -0.39 is 178 Å². The van der Waals surface area contributed by atoms with E-state index in [4.69, 9.17) is 82.2 Å². The Morgan fingerprint density at radius 2 is 0.612 bits per heavy atom. The Morgan fingerprint density at radius 3 is 0.910 bits per heavy atom. The van der Waals surface area contributed by atoms with E-state index >= 15 is 0 Å². The Morgan fingerprint density at radius 1 is 0.358 bits per heavy atom. The Balaban J connectivity index is 2.30. The molecule has 0 aromatic rings. The minimum absolute atomic E-state index is 0.426. The second kappa shape index (κ2) is 25.8. The quantitative estimate of drug-likeness (QED) is 0.0833. The predicted octanol–water partition coefficient (Wildman–Crippen LogP) is -1.21. The highest BCUT2D eigenvalue weighted by Gasteiger charge is 2.60.